The minimum absolute atomic E-state index is 0.188. The Morgan fingerprint density at radius 3 is 2.79 bits per heavy atom. The molecule has 2 rings (SSSR count). The fourth-order valence-corrected chi connectivity index (χ4v) is 3.42. The first-order valence-corrected chi connectivity index (χ1v) is 8.28. The van der Waals surface area contributed by atoms with E-state index in [4.69, 9.17) is 4.74 Å². The number of Topliss-reactive ketones (excluding diaryl/α,β-unsaturated/α-hetero) is 1. The molecule has 0 amide bonds. The molecule has 0 aliphatic carbocycles. The van der Waals surface area contributed by atoms with E-state index in [1.165, 1.54) is 11.3 Å². The fourth-order valence-electron chi connectivity index (χ4n) is 1.57. The Balaban J connectivity index is 1.76. The number of ketones is 1. The molecular weight excluding hydrogens is 392 g/mol. The van der Waals surface area contributed by atoms with Crippen molar-refractivity contribution in [1.82, 2.24) is 0 Å². The van der Waals surface area contributed by atoms with Crippen molar-refractivity contribution in [1.29, 1.82) is 0 Å². The lowest BCUT2D eigenvalue weighted by Gasteiger charge is -2.07. The third-order valence-corrected chi connectivity index (χ3v) is 4.52. The van der Waals surface area contributed by atoms with Crippen LogP contribution in [0.1, 0.15) is 22.5 Å². The largest absolute Gasteiger partial charge is 0.492 e. The molecular formula is C14H12Br2O2S. The van der Waals surface area contributed by atoms with E-state index in [9.17, 15) is 4.79 Å². The van der Waals surface area contributed by atoms with Gasteiger partial charge >= 0.3 is 0 Å². The van der Waals surface area contributed by atoms with E-state index >= 15 is 0 Å². The Morgan fingerprint density at radius 2 is 2.11 bits per heavy atom. The predicted molar refractivity (Wildman–Crippen MR) is 85.2 cm³/mol. The maximum absolute atomic E-state index is 11.8. The monoisotopic (exact) mass is 402 g/mol. The van der Waals surface area contributed by atoms with Gasteiger partial charge in [-0.3, -0.25) is 4.79 Å². The second kappa shape index (κ2) is 7.22. The lowest BCUT2D eigenvalue weighted by Crippen LogP contribution is -2.02. The molecule has 19 heavy (non-hydrogen) atoms. The number of thiophene rings is 1. The Hall–Kier alpha value is -0.650. The van der Waals surface area contributed by atoms with E-state index in [0.717, 1.165) is 26.0 Å². The fraction of sp³-hybridized carbons (Fsp3) is 0.214. The van der Waals surface area contributed by atoms with Crippen LogP contribution >= 0.6 is 43.2 Å². The van der Waals surface area contributed by atoms with Crippen molar-refractivity contribution in [3.05, 3.63) is 49.5 Å². The molecule has 0 radical (unpaired) electrons. The summed E-state index contributed by atoms with van der Waals surface area (Å²) in [5.41, 5.74) is 0. The molecule has 1 aromatic carbocycles. The second-order valence-electron chi connectivity index (χ2n) is 3.93. The summed E-state index contributed by atoms with van der Waals surface area (Å²) < 4.78 is 7.55. The van der Waals surface area contributed by atoms with Crippen molar-refractivity contribution in [3.8, 4) is 5.75 Å². The number of hydrogen-bond donors (Lipinski definition) is 0. The summed E-state index contributed by atoms with van der Waals surface area (Å²) in [5.74, 6) is 0.986. The van der Waals surface area contributed by atoms with Crippen LogP contribution in [0.3, 0.4) is 0 Å². The molecule has 0 aliphatic rings. The number of ether oxygens (including phenoxy) is 1. The Morgan fingerprint density at radius 1 is 1.26 bits per heavy atom. The molecule has 1 heterocycles. The van der Waals surface area contributed by atoms with Gasteiger partial charge in [0.2, 0.25) is 0 Å². The van der Waals surface area contributed by atoms with Crippen LogP contribution < -0.4 is 4.74 Å². The van der Waals surface area contributed by atoms with Crippen LogP contribution in [0.2, 0.25) is 0 Å². The van der Waals surface area contributed by atoms with Gasteiger partial charge in [-0.25, -0.2) is 0 Å². The van der Waals surface area contributed by atoms with Crippen molar-refractivity contribution in [2.75, 3.05) is 6.61 Å². The van der Waals surface area contributed by atoms with Crippen LogP contribution in [0.25, 0.3) is 0 Å². The van der Waals surface area contributed by atoms with Crippen LogP contribution in [0.4, 0.5) is 0 Å². The molecule has 0 bridgehead atoms. The van der Waals surface area contributed by atoms with Gasteiger partial charge in [0.1, 0.15) is 5.75 Å². The first-order valence-electron chi connectivity index (χ1n) is 5.81. The second-order valence-corrected chi connectivity index (χ2v) is 6.64. The van der Waals surface area contributed by atoms with Crippen LogP contribution in [-0.2, 0) is 0 Å². The smallest absolute Gasteiger partial charge is 0.172 e. The van der Waals surface area contributed by atoms with Crippen molar-refractivity contribution < 1.29 is 9.53 Å². The molecule has 0 saturated carbocycles. The van der Waals surface area contributed by atoms with Crippen molar-refractivity contribution >= 4 is 49.0 Å². The minimum Gasteiger partial charge on any atom is -0.492 e. The quantitative estimate of drug-likeness (QED) is 0.482. The number of benzene rings is 1. The third-order valence-electron chi connectivity index (χ3n) is 2.50. The average molecular weight is 404 g/mol. The zero-order valence-corrected chi connectivity index (χ0v) is 14.1. The van der Waals surface area contributed by atoms with Gasteiger partial charge in [0.25, 0.3) is 0 Å². The van der Waals surface area contributed by atoms with Crippen LogP contribution in [0.15, 0.2) is 44.7 Å². The molecule has 2 aromatic rings. The lowest BCUT2D eigenvalue weighted by atomic mass is 10.2. The van der Waals surface area contributed by atoms with E-state index < -0.39 is 0 Å². The molecule has 5 heteroatoms. The van der Waals surface area contributed by atoms with Gasteiger partial charge in [-0.15, -0.1) is 11.3 Å². The van der Waals surface area contributed by atoms with E-state index in [1.54, 1.807) is 0 Å². The summed E-state index contributed by atoms with van der Waals surface area (Å²) in [6, 6.07) is 9.52. The number of carbonyl (C=O) groups excluding carboxylic acids is 1. The molecule has 0 unspecified atom stereocenters. The highest BCUT2D eigenvalue weighted by Crippen LogP contribution is 2.28. The molecule has 0 N–H and O–H groups in total. The average Bonchev–Trinajstić information content (AvgIpc) is 2.90. The highest BCUT2D eigenvalue weighted by atomic mass is 79.9. The van der Waals surface area contributed by atoms with Crippen LogP contribution in [0.5, 0.6) is 5.75 Å². The van der Waals surface area contributed by atoms with Crippen molar-refractivity contribution in [2.45, 2.75) is 12.8 Å². The number of hydrogen-bond acceptors (Lipinski definition) is 3. The van der Waals surface area contributed by atoms with Gasteiger partial charge in [-0.2, -0.15) is 0 Å². The van der Waals surface area contributed by atoms with Gasteiger partial charge in [0.05, 0.1) is 16.0 Å². The molecule has 0 saturated heterocycles. The number of carbonyl (C=O) groups is 1. The summed E-state index contributed by atoms with van der Waals surface area (Å²) >= 11 is 8.32. The first kappa shape index (κ1) is 14.8. The van der Waals surface area contributed by atoms with Crippen molar-refractivity contribution in [3.63, 3.8) is 0 Å². The van der Waals surface area contributed by atoms with Crippen LogP contribution in [0, 0.1) is 0 Å². The Labute approximate surface area is 133 Å². The third kappa shape index (κ3) is 4.44. The molecule has 0 spiro atoms. The van der Waals surface area contributed by atoms with Crippen molar-refractivity contribution in [2.24, 2.45) is 0 Å². The van der Waals surface area contributed by atoms with Gasteiger partial charge in [-0.05, 0) is 52.0 Å². The highest BCUT2D eigenvalue weighted by molar-refractivity contribution is 9.11. The summed E-state index contributed by atoms with van der Waals surface area (Å²) in [6.45, 7) is 0.539. The Bertz CT molecular complexity index is 553. The zero-order valence-electron chi connectivity index (χ0n) is 10.1. The summed E-state index contributed by atoms with van der Waals surface area (Å²) in [4.78, 5) is 12.6. The standard InChI is InChI=1S/C14H12Br2O2S/c15-10-5-6-13(11(16)9-10)18-7-1-3-12(17)14-4-2-8-19-14/h2,4-6,8-9H,1,3,7H2. The molecule has 0 fully saturated rings. The summed E-state index contributed by atoms with van der Waals surface area (Å²) in [5, 5.41) is 1.92. The van der Waals surface area contributed by atoms with Gasteiger partial charge in [0.15, 0.2) is 5.78 Å². The minimum atomic E-state index is 0.188. The lowest BCUT2D eigenvalue weighted by molar-refractivity contribution is 0.0977. The topological polar surface area (TPSA) is 26.3 Å². The number of rotatable bonds is 6. The molecule has 2 nitrogen and oxygen atoms in total. The highest BCUT2D eigenvalue weighted by Gasteiger charge is 2.07. The normalized spacial score (nSPS) is 10.4. The van der Waals surface area contributed by atoms with Gasteiger partial charge in [0, 0.05) is 10.9 Å². The van der Waals surface area contributed by atoms with Gasteiger partial charge in [-0.1, -0.05) is 22.0 Å². The van der Waals surface area contributed by atoms with E-state index in [-0.39, 0.29) is 5.78 Å². The molecule has 100 valence electrons. The van der Waals surface area contributed by atoms with E-state index in [1.807, 2.05) is 35.7 Å². The first-order chi connectivity index (χ1) is 9.16. The molecule has 0 aliphatic heterocycles. The SMILES string of the molecule is O=C(CCCOc1ccc(Br)cc1Br)c1cccs1. The maximum atomic E-state index is 11.8. The van der Waals surface area contributed by atoms with Crippen LogP contribution in [-0.4, -0.2) is 12.4 Å². The zero-order chi connectivity index (χ0) is 13.7. The maximum Gasteiger partial charge on any atom is 0.172 e. The number of halogens is 2. The van der Waals surface area contributed by atoms with E-state index in [0.29, 0.717) is 13.0 Å². The van der Waals surface area contributed by atoms with E-state index in [2.05, 4.69) is 31.9 Å². The summed E-state index contributed by atoms with van der Waals surface area (Å²) in [6.07, 6.45) is 1.24. The summed E-state index contributed by atoms with van der Waals surface area (Å²) in [7, 11) is 0. The molecule has 1 aromatic heterocycles. The predicted octanol–water partition coefficient (Wildman–Crippen LogP) is 5.32. The molecule has 0 atom stereocenters. The Kier molecular flexibility index (Phi) is 5.60. The van der Waals surface area contributed by atoms with Gasteiger partial charge < -0.3 is 4.74 Å².